The van der Waals surface area contributed by atoms with Gasteiger partial charge in [0.05, 0.1) is 5.92 Å². The zero-order valence-electron chi connectivity index (χ0n) is 14.2. The molecule has 4 bridgehead atoms. The number of ether oxygens (including phenoxy) is 1. The molecule has 0 aromatic heterocycles. The number of nitrogens with one attached hydrogen (secondary N) is 1. The number of carbonyl (C=O) groups excluding carboxylic acids is 2. The number of amides is 1. The van der Waals surface area contributed by atoms with Gasteiger partial charge in [0.25, 0.3) is 5.91 Å². The van der Waals surface area contributed by atoms with Crippen LogP contribution in [0.3, 0.4) is 0 Å². The number of halogens is 1. The predicted molar refractivity (Wildman–Crippen MR) is 94.8 cm³/mol. The fourth-order valence-electron chi connectivity index (χ4n) is 5.44. The van der Waals surface area contributed by atoms with E-state index in [1.165, 1.54) is 32.1 Å². The molecule has 4 fully saturated rings. The number of hydrogen-bond donors (Lipinski definition) is 1. The molecule has 4 aliphatic rings. The van der Waals surface area contributed by atoms with Gasteiger partial charge in [0, 0.05) is 11.6 Å². The lowest BCUT2D eigenvalue weighted by Crippen LogP contribution is -2.48. The minimum absolute atomic E-state index is 0.0218. The quantitative estimate of drug-likeness (QED) is 0.816. The van der Waals surface area contributed by atoms with Gasteiger partial charge >= 0.3 is 5.97 Å². The Kier molecular flexibility index (Phi) is 4.72. The summed E-state index contributed by atoms with van der Waals surface area (Å²) >= 11 is 5.93. The van der Waals surface area contributed by atoms with Crippen LogP contribution in [0.1, 0.15) is 37.7 Å². The van der Waals surface area contributed by atoms with E-state index in [0.717, 1.165) is 17.4 Å². The molecule has 5 rings (SSSR count). The Balaban J connectivity index is 1.25. The molecule has 1 amide bonds. The summed E-state index contributed by atoms with van der Waals surface area (Å²) in [6.45, 7) is 0.192. The molecule has 0 aliphatic heterocycles. The van der Waals surface area contributed by atoms with Gasteiger partial charge in [0.2, 0.25) is 0 Å². The molecule has 134 valence electrons. The summed E-state index contributed by atoms with van der Waals surface area (Å²) in [6.07, 6.45) is 6.06. The van der Waals surface area contributed by atoms with Crippen LogP contribution in [-0.4, -0.2) is 18.5 Å². The van der Waals surface area contributed by atoms with E-state index in [0.29, 0.717) is 23.4 Å². The molecule has 0 heterocycles. The molecular weight excluding hydrogens is 338 g/mol. The van der Waals surface area contributed by atoms with Gasteiger partial charge in [-0.1, -0.05) is 23.7 Å². The Morgan fingerprint density at radius 1 is 1.08 bits per heavy atom. The van der Waals surface area contributed by atoms with Crippen molar-refractivity contribution in [3.8, 4) is 0 Å². The van der Waals surface area contributed by atoms with Crippen LogP contribution in [0.5, 0.6) is 0 Å². The van der Waals surface area contributed by atoms with E-state index in [9.17, 15) is 9.59 Å². The summed E-state index contributed by atoms with van der Waals surface area (Å²) in [5.74, 6) is 2.22. The first-order valence-electron chi connectivity index (χ1n) is 9.26. The molecule has 0 radical (unpaired) electrons. The topological polar surface area (TPSA) is 55.4 Å². The molecule has 1 aromatic carbocycles. The first-order valence-corrected chi connectivity index (χ1v) is 9.64. The monoisotopic (exact) mass is 361 g/mol. The third kappa shape index (κ3) is 3.69. The van der Waals surface area contributed by atoms with Crippen molar-refractivity contribution < 1.29 is 14.3 Å². The largest absolute Gasteiger partial charge is 0.455 e. The van der Waals surface area contributed by atoms with E-state index in [2.05, 4.69) is 5.32 Å². The molecule has 0 atom stereocenters. The zero-order chi connectivity index (χ0) is 17.4. The van der Waals surface area contributed by atoms with Crippen molar-refractivity contribution in [1.29, 1.82) is 0 Å². The maximum atomic E-state index is 12.5. The molecule has 4 saturated carbocycles. The zero-order valence-corrected chi connectivity index (χ0v) is 15.0. The van der Waals surface area contributed by atoms with E-state index in [1.807, 2.05) is 18.2 Å². The molecule has 4 nitrogen and oxygen atoms in total. The second kappa shape index (κ2) is 6.99. The lowest BCUT2D eigenvalue weighted by atomic mass is 9.52. The second-order valence-electron chi connectivity index (χ2n) is 7.97. The fraction of sp³-hybridized carbons (Fsp3) is 0.600. The summed E-state index contributed by atoms with van der Waals surface area (Å²) in [5.41, 5.74) is 0.924. The van der Waals surface area contributed by atoms with Crippen molar-refractivity contribution >= 4 is 23.5 Å². The van der Waals surface area contributed by atoms with Crippen LogP contribution in [0.15, 0.2) is 24.3 Å². The Morgan fingerprint density at radius 2 is 1.76 bits per heavy atom. The number of carbonyl (C=O) groups is 2. The lowest BCUT2D eigenvalue weighted by Gasteiger charge is -2.53. The van der Waals surface area contributed by atoms with Crippen molar-refractivity contribution in [2.75, 3.05) is 6.61 Å². The number of benzene rings is 1. The molecule has 1 N–H and O–H groups in total. The summed E-state index contributed by atoms with van der Waals surface area (Å²) in [4.78, 5) is 24.5. The Labute approximate surface area is 153 Å². The third-order valence-electron chi connectivity index (χ3n) is 6.22. The fourth-order valence-corrected chi connectivity index (χ4v) is 5.65. The Morgan fingerprint density at radius 3 is 2.40 bits per heavy atom. The SMILES string of the molecule is O=C(COC(=O)C1C2CC3CC(C2)CC1C3)NCc1cccc(Cl)c1. The van der Waals surface area contributed by atoms with Crippen LogP contribution in [-0.2, 0) is 20.9 Å². The van der Waals surface area contributed by atoms with Crippen LogP contribution in [0.25, 0.3) is 0 Å². The maximum Gasteiger partial charge on any atom is 0.310 e. The molecule has 1 aromatic rings. The standard InChI is InChI=1S/C20H24ClNO3/c21-17-3-1-2-12(9-17)10-22-18(23)11-25-20(24)19-15-5-13-4-14(7-15)8-16(19)6-13/h1-3,9,13-16,19H,4-8,10-11H2,(H,22,23). The molecule has 25 heavy (non-hydrogen) atoms. The summed E-state index contributed by atoms with van der Waals surface area (Å²) in [5, 5.41) is 3.41. The first-order chi connectivity index (χ1) is 12.1. The van der Waals surface area contributed by atoms with Crippen molar-refractivity contribution in [2.24, 2.45) is 29.6 Å². The Bertz CT molecular complexity index is 647. The van der Waals surface area contributed by atoms with Gasteiger partial charge in [-0.15, -0.1) is 0 Å². The highest BCUT2D eigenvalue weighted by Crippen LogP contribution is 2.56. The number of esters is 1. The molecular formula is C20H24ClNO3. The van der Waals surface area contributed by atoms with Crippen molar-refractivity contribution in [3.63, 3.8) is 0 Å². The van der Waals surface area contributed by atoms with Gasteiger partial charge in [0.1, 0.15) is 0 Å². The van der Waals surface area contributed by atoms with Gasteiger partial charge in [0.15, 0.2) is 6.61 Å². The van der Waals surface area contributed by atoms with Crippen molar-refractivity contribution in [3.05, 3.63) is 34.9 Å². The first kappa shape index (κ1) is 16.9. The van der Waals surface area contributed by atoms with Gasteiger partial charge in [-0.2, -0.15) is 0 Å². The molecule has 5 heteroatoms. The van der Waals surface area contributed by atoms with E-state index in [1.54, 1.807) is 6.07 Å². The molecule has 4 aliphatic carbocycles. The summed E-state index contributed by atoms with van der Waals surface area (Å²) < 4.78 is 5.36. The van der Waals surface area contributed by atoms with Crippen LogP contribution >= 0.6 is 11.6 Å². The average Bonchev–Trinajstić information content (AvgIpc) is 2.57. The van der Waals surface area contributed by atoms with Gasteiger partial charge < -0.3 is 10.1 Å². The highest BCUT2D eigenvalue weighted by Gasteiger charge is 2.51. The highest BCUT2D eigenvalue weighted by atomic mass is 35.5. The normalized spacial score (nSPS) is 32.4. The van der Waals surface area contributed by atoms with Crippen molar-refractivity contribution in [2.45, 2.75) is 38.6 Å². The van der Waals surface area contributed by atoms with Crippen LogP contribution < -0.4 is 5.32 Å². The smallest absolute Gasteiger partial charge is 0.310 e. The summed E-state index contributed by atoms with van der Waals surface area (Å²) in [7, 11) is 0. The maximum absolute atomic E-state index is 12.5. The van der Waals surface area contributed by atoms with Crippen LogP contribution in [0.2, 0.25) is 5.02 Å². The van der Waals surface area contributed by atoms with E-state index < -0.39 is 0 Å². The minimum atomic E-state index is -0.267. The van der Waals surface area contributed by atoms with Gasteiger partial charge in [-0.25, -0.2) is 0 Å². The summed E-state index contributed by atoms with van der Waals surface area (Å²) in [6, 6.07) is 7.34. The van der Waals surface area contributed by atoms with Crippen LogP contribution in [0, 0.1) is 29.6 Å². The second-order valence-corrected chi connectivity index (χ2v) is 8.41. The Hall–Kier alpha value is -1.55. The molecule has 0 spiro atoms. The molecule has 0 unspecified atom stereocenters. The van der Waals surface area contributed by atoms with E-state index in [4.69, 9.17) is 16.3 Å². The minimum Gasteiger partial charge on any atom is -0.455 e. The third-order valence-corrected chi connectivity index (χ3v) is 6.46. The van der Waals surface area contributed by atoms with E-state index in [-0.39, 0.29) is 24.4 Å². The highest BCUT2D eigenvalue weighted by molar-refractivity contribution is 6.30. The number of rotatable bonds is 5. The van der Waals surface area contributed by atoms with Gasteiger partial charge in [-0.3, -0.25) is 9.59 Å². The predicted octanol–water partition coefficient (Wildman–Crippen LogP) is 3.57. The van der Waals surface area contributed by atoms with Crippen LogP contribution in [0.4, 0.5) is 0 Å². The molecule has 0 saturated heterocycles. The van der Waals surface area contributed by atoms with Gasteiger partial charge in [-0.05, 0) is 73.5 Å². The lowest BCUT2D eigenvalue weighted by molar-refractivity contribution is -0.164. The number of hydrogen-bond acceptors (Lipinski definition) is 3. The van der Waals surface area contributed by atoms with E-state index >= 15 is 0 Å². The average molecular weight is 362 g/mol. The van der Waals surface area contributed by atoms with Crippen molar-refractivity contribution in [1.82, 2.24) is 5.32 Å².